The quantitative estimate of drug-likeness (QED) is 0.501. The lowest BCUT2D eigenvalue weighted by atomic mass is 9.96. The van der Waals surface area contributed by atoms with Gasteiger partial charge in [0, 0.05) is 6.04 Å². The third-order valence-electron chi connectivity index (χ3n) is 5.29. The van der Waals surface area contributed by atoms with Gasteiger partial charge in [0.1, 0.15) is 17.8 Å². The second kappa shape index (κ2) is 6.31. The average molecular weight is 365 g/mol. The molecule has 26 heavy (non-hydrogen) atoms. The fourth-order valence-corrected chi connectivity index (χ4v) is 3.83. The molecule has 1 aliphatic heterocycles. The van der Waals surface area contributed by atoms with Gasteiger partial charge < -0.3 is 30.5 Å². The number of rotatable bonds is 4. The van der Waals surface area contributed by atoms with E-state index in [-0.39, 0.29) is 11.7 Å². The van der Waals surface area contributed by atoms with Crippen LogP contribution in [0.3, 0.4) is 0 Å². The molecular formula is C16H23N5O5. The van der Waals surface area contributed by atoms with Crippen molar-refractivity contribution in [3.05, 3.63) is 6.33 Å². The molecule has 0 amide bonds. The Morgan fingerprint density at radius 2 is 2.08 bits per heavy atom. The van der Waals surface area contributed by atoms with E-state index < -0.39 is 36.7 Å². The molecule has 5 N–H and O–H groups in total. The molecule has 0 bridgehead atoms. The first-order valence-electron chi connectivity index (χ1n) is 8.78. The summed E-state index contributed by atoms with van der Waals surface area (Å²) in [5.41, 5.74) is -0.953. The lowest BCUT2D eigenvalue weighted by Gasteiger charge is -2.27. The Morgan fingerprint density at radius 3 is 2.73 bits per heavy atom. The number of aliphatic hydroxyl groups excluding tert-OH is 2. The number of fused-ring (bicyclic) bond motifs is 1. The van der Waals surface area contributed by atoms with Crippen LogP contribution in [0.5, 0.6) is 6.01 Å². The molecule has 10 heteroatoms. The summed E-state index contributed by atoms with van der Waals surface area (Å²) in [4.78, 5) is 12.4. The third kappa shape index (κ3) is 2.69. The lowest BCUT2D eigenvalue weighted by Crippen LogP contribution is -2.44. The highest BCUT2D eigenvalue weighted by Crippen LogP contribution is 2.40. The fourth-order valence-electron chi connectivity index (χ4n) is 3.83. The number of aromatic hydroxyl groups is 1. The minimum absolute atomic E-state index is 0.268. The van der Waals surface area contributed by atoms with Gasteiger partial charge in [-0.3, -0.25) is 4.57 Å². The maximum atomic E-state index is 10.7. The van der Waals surface area contributed by atoms with E-state index in [9.17, 15) is 20.4 Å². The predicted octanol–water partition coefficient (Wildman–Crippen LogP) is -0.112. The number of imidazole rings is 1. The van der Waals surface area contributed by atoms with Crippen molar-refractivity contribution in [2.75, 3.05) is 11.9 Å². The summed E-state index contributed by atoms with van der Waals surface area (Å²) in [7, 11) is 0. The molecule has 142 valence electrons. The van der Waals surface area contributed by atoms with Gasteiger partial charge in [-0.05, 0) is 19.8 Å². The van der Waals surface area contributed by atoms with Gasteiger partial charge in [0.2, 0.25) is 0 Å². The number of nitrogens with one attached hydrogen (secondary N) is 1. The molecule has 4 unspecified atom stereocenters. The average Bonchev–Trinajstić information content (AvgIpc) is 3.29. The molecule has 3 heterocycles. The van der Waals surface area contributed by atoms with Gasteiger partial charge in [0.05, 0.1) is 12.9 Å². The van der Waals surface area contributed by atoms with E-state index in [4.69, 9.17) is 4.74 Å². The molecule has 1 saturated carbocycles. The van der Waals surface area contributed by atoms with Crippen LogP contribution in [-0.4, -0.2) is 70.4 Å². The van der Waals surface area contributed by atoms with Crippen LogP contribution in [0.4, 0.5) is 5.82 Å². The summed E-state index contributed by atoms with van der Waals surface area (Å²) in [5, 5.41) is 43.5. The van der Waals surface area contributed by atoms with Crippen molar-refractivity contribution in [2.24, 2.45) is 0 Å². The van der Waals surface area contributed by atoms with Crippen LogP contribution in [0, 0.1) is 0 Å². The van der Waals surface area contributed by atoms with Crippen LogP contribution in [0.25, 0.3) is 11.2 Å². The van der Waals surface area contributed by atoms with Crippen LogP contribution in [-0.2, 0) is 4.74 Å². The molecule has 2 aliphatic rings. The maximum Gasteiger partial charge on any atom is 0.317 e. The summed E-state index contributed by atoms with van der Waals surface area (Å²) in [6, 6.07) is -0.152. The van der Waals surface area contributed by atoms with E-state index in [2.05, 4.69) is 20.3 Å². The van der Waals surface area contributed by atoms with Gasteiger partial charge in [-0.1, -0.05) is 12.8 Å². The van der Waals surface area contributed by atoms with Crippen molar-refractivity contribution >= 4 is 17.0 Å². The van der Waals surface area contributed by atoms with Crippen LogP contribution in [0.2, 0.25) is 0 Å². The van der Waals surface area contributed by atoms with E-state index in [1.54, 1.807) is 0 Å². The minimum atomic E-state index is -1.67. The summed E-state index contributed by atoms with van der Waals surface area (Å²) >= 11 is 0. The zero-order valence-corrected chi connectivity index (χ0v) is 14.4. The van der Waals surface area contributed by atoms with Crippen molar-refractivity contribution in [2.45, 2.75) is 62.7 Å². The molecule has 10 nitrogen and oxygen atoms in total. The first-order chi connectivity index (χ1) is 12.4. The van der Waals surface area contributed by atoms with Crippen LogP contribution < -0.4 is 5.32 Å². The van der Waals surface area contributed by atoms with Gasteiger partial charge in [-0.25, -0.2) is 4.98 Å². The monoisotopic (exact) mass is 365 g/mol. The normalized spacial score (nSPS) is 32.5. The Labute approximate surface area is 149 Å². The second-order valence-corrected chi connectivity index (χ2v) is 7.20. The summed E-state index contributed by atoms with van der Waals surface area (Å²) in [6.45, 7) is 0.984. The topological polar surface area (TPSA) is 146 Å². The molecule has 1 saturated heterocycles. The molecule has 0 aromatic carbocycles. The molecule has 4 rings (SSSR count). The molecule has 0 spiro atoms. The number of aliphatic hydroxyl groups is 3. The molecular weight excluding hydrogens is 342 g/mol. The lowest BCUT2D eigenvalue weighted by molar-refractivity contribution is -0.0950. The second-order valence-electron chi connectivity index (χ2n) is 7.20. The smallest absolute Gasteiger partial charge is 0.317 e. The van der Waals surface area contributed by atoms with Gasteiger partial charge >= 0.3 is 6.01 Å². The highest BCUT2D eigenvalue weighted by atomic mass is 16.6. The van der Waals surface area contributed by atoms with Gasteiger partial charge in [-0.2, -0.15) is 9.97 Å². The Bertz CT molecular complexity index is 804. The Balaban J connectivity index is 1.74. The molecule has 2 aromatic rings. The predicted molar refractivity (Wildman–Crippen MR) is 90.5 cm³/mol. The van der Waals surface area contributed by atoms with Gasteiger partial charge in [0.15, 0.2) is 23.2 Å². The summed E-state index contributed by atoms with van der Waals surface area (Å²) in [6.07, 6.45) is 2.53. The number of hydrogen-bond acceptors (Lipinski definition) is 9. The number of aromatic nitrogens is 4. The standard InChI is InChI=1S/C16H23N5O5/c1-16(25)11(23)9(6-22)26-14(16)21-7-17-10-12(18-8-4-2-3-5-8)19-15(24)20-13(10)21/h7-9,11,14,22-23,25H,2-6H2,1H3,(H2,18,19,20,24). The van der Waals surface area contributed by atoms with E-state index in [0.717, 1.165) is 25.7 Å². The first-order valence-corrected chi connectivity index (χ1v) is 8.78. The van der Waals surface area contributed by atoms with Crippen molar-refractivity contribution in [1.82, 2.24) is 19.5 Å². The molecule has 1 aliphatic carbocycles. The number of hydrogen-bond donors (Lipinski definition) is 5. The summed E-state index contributed by atoms with van der Waals surface area (Å²) in [5.74, 6) is 0.426. The first kappa shape index (κ1) is 17.4. The number of anilines is 1. The third-order valence-corrected chi connectivity index (χ3v) is 5.29. The van der Waals surface area contributed by atoms with Crippen LogP contribution in [0.15, 0.2) is 6.33 Å². The highest BCUT2D eigenvalue weighted by Gasteiger charge is 2.53. The Morgan fingerprint density at radius 1 is 1.35 bits per heavy atom. The van der Waals surface area contributed by atoms with Crippen molar-refractivity contribution in [3.8, 4) is 6.01 Å². The van der Waals surface area contributed by atoms with E-state index in [1.165, 1.54) is 17.8 Å². The van der Waals surface area contributed by atoms with Gasteiger partial charge in [-0.15, -0.1) is 0 Å². The molecule has 0 radical (unpaired) electrons. The molecule has 2 fully saturated rings. The SMILES string of the molecule is CC1(O)C(O)C(CO)OC1n1cnc2c(NC3CCCC3)nc(O)nc21. The van der Waals surface area contributed by atoms with Gasteiger partial charge in [0.25, 0.3) is 0 Å². The van der Waals surface area contributed by atoms with E-state index >= 15 is 0 Å². The Hall–Kier alpha value is -2.01. The maximum absolute atomic E-state index is 10.7. The summed E-state index contributed by atoms with van der Waals surface area (Å²) < 4.78 is 7.05. The fraction of sp³-hybridized carbons (Fsp3) is 0.688. The van der Waals surface area contributed by atoms with E-state index in [0.29, 0.717) is 11.3 Å². The minimum Gasteiger partial charge on any atom is -0.479 e. The van der Waals surface area contributed by atoms with E-state index in [1.807, 2.05) is 0 Å². The largest absolute Gasteiger partial charge is 0.479 e. The van der Waals surface area contributed by atoms with Crippen LogP contribution >= 0.6 is 0 Å². The number of ether oxygens (including phenoxy) is 1. The zero-order valence-electron chi connectivity index (χ0n) is 14.4. The van der Waals surface area contributed by atoms with Crippen molar-refractivity contribution < 1.29 is 25.2 Å². The van der Waals surface area contributed by atoms with Crippen LogP contribution in [0.1, 0.15) is 38.8 Å². The zero-order chi connectivity index (χ0) is 18.5. The van der Waals surface area contributed by atoms with Crippen molar-refractivity contribution in [3.63, 3.8) is 0 Å². The number of nitrogens with zero attached hydrogens (tertiary/aromatic N) is 4. The highest BCUT2D eigenvalue weighted by molar-refractivity contribution is 5.83. The molecule has 4 atom stereocenters. The van der Waals surface area contributed by atoms with Crippen molar-refractivity contribution in [1.29, 1.82) is 0 Å². The molecule has 2 aromatic heterocycles. The Kier molecular flexibility index (Phi) is 4.22.